The van der Waals surface area contributed by atoms with Gasteiger partial charge in [-0.05, 0) is 54.5 Å². The first kappa shape index (κ1) is 17.8. The molecule has 1 aliphatic heterocycles. The quantitative estimate of drug-likeness (QED) is 0.904. The topological polar surface area (TPSA) is 56.4 Å². The van der Waals surface area contributed by atoms with E-state index in [-0.39, 0.29) is 11.8 Å². The lowest BCUT2D eigenvalue weighted by Crippen LogP contribution is -2.51. The Labute approximate surface area is 160 Å². The van der Waals surface area contributed by atoms with Crippen LogP contribution in [-0.4, -0.2) is 52.8 Å². The van der Waals surface area contributed by atoms with Gasteiger partial charge >= 0.3 is 0 Å². The van der Waals surface area contributed by atoms with Crippen LogP contribution in [0.3, 0.4) is 0 Å². The number of benzene rings is 1. The average molecular weight is 365 g/mol. The number of carbonyl (C=O) groups is 2. The fourth-order valence-electron chi connectivity index (χ4n) is 4.14. The molecule has 0 atom stereocenters. The molecule has 1 aromatic heterocycles. The number of aromatic amines is 1. The largest absolute Gasteiger partial charge is 0.365 e. The van der Waals surface area contributed by atoms with E-state index < -0.39 is 0 Å². The highest BCUT2D eigenvalue weighted by atomic mass is 16.2. The molecule has 2 aromatic rings. The average Bonchev–Trinajstić information content (AvgIpc) is 3.21. The molecule has 0 spiro atoms. The molecule has 27 heavy (non-hydrogen) atoms. The van der Waals surface area contributed by atoms with Crippen molar-refractivity contribution in [3.05, 3.63) is 58.9 Å². The van der Waals surface area contributed by atoms with E-state index in [1.165, 1.54) is 30.4 Å². The zero-order valence-electron chi connectivity index (χ0n) is 15.7. The van der Waals surface area contributed by atoms with E-state index in [2.05, 4.69) is 23.2 Å². The van der Waals surface area contributed by atoms with Crippen molar-refractivity contribution in [3.8, 4) is 0 Å². The SMILES string of the molecule is O=C(Cc1ccc2c(c1)CCCC2)N1CCN(C(=O)Cc2ccc[nH]2)CC1. The molecule has 4 rings (SSSR count). The van der Waals surface area contributed by atoms with Crippen LogP contribution < -0.4 is 0 Å². The lowest BCUT2D eigenvalue weighted by Gasteiger charge is -2.35. The minimum atomic E-state index is 0.124. The van der Waals surface area contributed by atoms with Gasteiger partial charge in [0.1, 0.15) is 0 Å². The molecule has 1 saturated heterocycles. The molecule has 5 nitrogen and oxygen atoms in total. The molecule has 142 valence electrons. The number of nitrogens with zero attached hydrogens (tertiary/aromatic N) is 2. The number of amides is 2. The third-order valence-corrected chi connectivity index (χ3v) is 5.76. The van der Waals surface area contributed by atoms with Gasteiger partial charge in [0, 0.05) is 38.1 Å². The van der Waals surface area contributed by atoms with E-state index in [4.69, 9.17) is 0 Å². The lowest BCUT2D eigenvalue weighted by molar-refractivity contribution is -0.138. The monoisotopic (exact) mass is 365 g/mol. The molecule has 0 saturated carbocycles. The summed E-state index contributed by atoms with van der Waals surface area (Å²) in [6, 6.07) is 10.4. The summed E-state index contributed by atoms with van der Waals surface area (Å²) in [5, 5.41) is 0. The number of rotatable bonds is 4. The number of hydrogen-bond acceptors (Lipinski definition) is 2. The Bertz CT molecular complexity index is 805. The molecular formula is C22H27N3O2. The minimum absolute atomic E-state index is 0.124. The number of fused-ring (bicyclic) bond motifs is 1. The molecule has 0 unspecified atom stereocenters. The normalized spacial score (nSPS) is 16.9. The summed E-state index contributed by atoms with van der Waals surface area (Å²) in [6.07, 6.45) is 7.53. The Kier molecular flexibility index (Phi) is 5.28. The standard InChI is InChI=1S/C22H27N3O2/c26-21(15-17-7-8-18-4-1-2-5-19(18)14-17)24-10-12-25(13-11-24)22(27)16-20-6-3-9-23-20/h3,6-9,14,23H,1-2,4-5,10-13,15-16H2. The van der Waals surface area contributed by atoms with Crippen molar-refractivity contribution in [3.63, 3.8) is 0 Å². The molecule has 2 amide bonds. The smallest absolute Gasteiger partial charge is 0.228 e. The molecule has 1 aliphatic carbocycles. The Morgan fingerprint density at radius 3 is 2.19 bits per heavy atom. The van der Waals surface area contributed by atoms with E-state index in [0.717, 1.165) is 17.7 Å². The number of aromatic nitrogens is 1. The van der Waals surface area contributed by atoms with E-state index in [9.17, 15) is 9.59 Å². The third kappa shape index (κ3) is 4.24. The molecular weight excluding hydrogens is 338 g/mol. The van der Waals surface area contributed by atoms with Crippen molar-refractivity contribution in [2.24, 2.45) is 0 Å². The third-order valence-electron chi connectivity index (χ3n) is 5.76. The summed E-state index contributed by atoms with van der Waals surface area (Å²) in [7, 11) is 0. The van der Waals surface area contributed by atoms with Crippen LogP contribution in [0.2, 0.25) is 0 Å². The second kappa shape index (κ2) is 7.99. The van der Waals surface area contributed by atoms with Crippen molar-refractivity contribution in [1.29, 1.82) is 0 Å². The van der Waals surface area contributed by atoms with Crippen LogP contribution in [0.15, 0.2) is 36.5 Å². The van der Waals surface area contributed by atoms with Gasteiger partial charge in [-0.3, -0.25) is 9.59 Å². The van der Waals surface area contributed by atoms with E-state index >= 15 is 0 Å². The van der Waals surface area contributed by atoms with Crippen LogP contribution in [0, 0.1) is 0 Å². The second-order valence-corrected chi connectivity index (χ2v) is 7.62. The zero-order chi connectivity index (χ0) is 18.6. The van der Waals surface area contributed by atoms with Gasteiger partial charge in [-0.2, -0.15) is 0 Å². The fraction of sp³-hybridized carbons (Fsp3) is 0.455. The van der Waals surface area contributed by atoms with Crippen molar-refractivity contribution in [1.82, 2.24) is 14.8 Å². The second-order valence-electron chi connectivity index (χ2n) is 7.62. The number of H-pyrrole nitrogens is 1. The summed E-state index contributed by atoms with van der Waals surface area (Å²) < 4.78 is 0. The number of carbonyl (C=O) groups excluding carboxylic acids is 2. The van der Waals surface area contributed by atoms with Crippen LogP contribution in [0.1, 0.15) is 35.2 Å². The highest BCUT2D eigenvalue weighted by Gasteiger charge is 2.24. The minimum Gasteiger partial charge on any atom is -0.365 e. The number of aryl methyl sites for hydroxylation is 2. The molecule has 1 aromatic carbocycles. The summed E-state index contributed by atoms with van der Waals surface area (Å²) in [5.41, 5.74) is 4.93. The number of hydrogen-bond donors (Lipinski definition) is 1. The summed E-state index contributed by atoms with van der Waals surface area (Å²) in [6.45, 7) is 2.49. The van der Waals surface area contributed by atoms with Gasteiger partial charge in [-0.15, -0.1) is 0 Å². The zero-order valence-corrected chi connectivity index (χ0v) is 15.7. The first-order valence-corrected chi connectivity index (χ1v) is 9.97. The maximum absolute atomic E-state index is 12.7. The van der Waals surface area contributed by atoms with Crippen molar-refractivity contribution < 1.29 is 9.59 Å². The Balaban J connectivity index is 1.29. The molecule has 0 bridgehead atoms. The predicted molar refractivity (Wildman–Crippen MR) is 104 cm³/mol. The summed E-state index contributed by atoms with van der Waals surface area (Å²) in [5.74, 6) is 0.293. The Hall–Kier alpha value is -2.56. The van der Waals surface area contributed by atoms with Crippen LogP contribution >= 0.6 is 0 Å². The number of piperazine rings is 1. The maximum Gasteiger partial charge on any atom is 0.228 e. The first-order chi connectivity index (χ1) is 13.2. The van der Waals surface area contributed by atoms with Crippen LogP contribution in [0.25, 0.3) is 0 Å². The highest BCUT2D eigenvalue weighted by molar-refractivity contribution is 5.81. The lowest BCUT2D eigenvalue weighted by atomic mass is 9.90. The van der Waals surface area contributed by atoms with Gasteiger partial charge in [0.15, 0.2) is 0 Å². The van der Waals surface area contributed by atoms with Gasteiger partial charge in [-0.25, -0.2) is 0 Å². The predicted octanol–water partition coefficient (Wildman–Crippen LogP) is 2.35. The fourth-order valence-corrected chi connectivity index (χ4v) is 4.14. The van der Waals surface area contributed by atoms with Gasteiger partial charge in [0.25, 0.3) is 0 Å². The van der Waals surface area contributed by atoms with E-state index in [1.807, 2.05) is 28.1 Å². The summed E-state index contributed by atoms with van der Waals surface area (Å²) >= 11 is 0. The maximum atomic E-state index is 12.7. The molecule has 1 N–H and O–H groups in total. The van der Waals surface area contributed by atoms with E-state index in [0.29, 0.717) is 39.0 Å². The van der Waals surface area contributed by atoms with E-state index in [1.54, 1.807) is 0 Å². The van der Waals surface area contributed by atoms with Crippen LogP contribution in [0.4, 0.5) is 0 Å². The molecule has 1 fully saturated rings. The highest BCUT2D eigenvalue weighted by Crippen LogP contribution is 2.22. The summed E-state index contributed by atoms with van der Waals surface area (Å²) in [4.78, 5) is 31.9. The molecule has 5 heteroatoms. The van der Waals surface area contributed by atoms with Gasteiger partial charge in [0.2, 0.25) is 11.8 Å². The van der Waals surface area contributed by atoms with Crippen molar-refractivity contribution in [2.75, 3.05) is 26.2 Å². The molecule has 2 heterocycles. The van der Waals surface area contributed by atoms with Crippen LogP contribution in [0.5, 0.6) is 0 Å². The van der Waals surface area contributed by atoms with Crippen LogP contribution in [-0.2, 0) is 35.3 Å². The van der Waals surface area contributed by atoms with Crippen molar-refractivity contribution in [2.45, 2.75) is 38.5 Å². The van der Waals surface area contributed by atoms with Gasteiger partial charge in [-0.1, -0.05) is 18.2 Å². The first-order valence-electron chi connectivity index (χ1n) is 9.97. The van der Waals surface area contributed by atoms with Gasteiger partial charge in [0.05, 0.1) is 12.8 Å². The van der Waals surface area contributed by atoms with Gasteiger partial charge < -0.3 is 14.8 Å². The Morgan fingerprint density at radius 1 is 0.852 bits per heavy atom. The van der Waals surface area contributed by atoms with Crippen molar-refractivity contribution >= 4 is 11.8 Å². The molecule has 0 radical (unpaired) electrons. The number of nitrogens with one attached hydrogen (secondary N) is 1. The molecule has 2 aliphatic rings. The Morgan fingerprint density at radius 2 is 1.52 bits per heavy atom.